The summed E-state index contributed by atoms with van der Waals surface area (Å²) in [7, 11) is 0. The molecular weight excluding hydrogens is 248 g/mol. The number of hydrogen-bond acceptors (Lipinski definition) is 3. The van der Waals surface area contributed by atoms with Gasteiger partial charge >= 0.3 is 0 Å². The number of imidazole rings is 1. The van der Waals surface area contributed by atoms with E-state index in [9.17, 15) is 0 Å². The third-order valence-electron chi connectivity index (χ3n) is 3.43. The molecule has 1 aromatic carbocycles. The number of aromatic nitrogens is 2. The van der Waals surface area contributed by atoms with Crippen molar-refractivity contribution >= 4 is 11.6 Å². The topological polar surface area (TPSA) is 33.1 Å². The number of rotatable bonds is 7. The van der Waals surface area contributed by atoms with Gasteiger partial charge < -0.3 is 10.2 Å². The molecule has 1 heterocycles. The van der Waals surface area contributed by atoms with E-state index in [0.29, 0.717) is 0 Å². The molecule has 0 aliphatic rings. The lowest BCUT2D eigenvalue weighted by Gasteiger charge is -2.21. The zero-order valence-corrected chi connectivity index (χ0v) is 12.6. The average molecular weight is 272 g/mol. The second kappa shape index (κ2) is 6.98. The average Bonchev–Trinajstić information content (AvgIpc) is 2.95. The summed E-state index contributed by atoms with van der Waals surface area (Å²) in [5.74, 6) is 0.905. The SMILES string of the molecule is CCCNc1nccn1-c1ccc(N(CC)CC)cc1. The molecule has 0 unspecified atom stereocenters. The Morgan fingerprint density at radius 3 is 2.40 bits per heavy atom. The summed E-state index contributed by atoms with van der Waals surface area (Å²) in [6.45, 7) is 9.52. The van der Waals surface area contributed by atoms with Crippen molar-refractivity contribution < 1.29 is 0 Å². The van der Waals surface area contributed by atoms with Gasteiger partial charge in [-0.1, -0.05) is 6.92 Å². The Morgan fingerprint density at radius 1 is 1.10 bits per heavy atom. The van der Waals surface area contributed by atoms with Gasteiger partial charge in [0.05, 0.1) is 0 Å². The molecule has 0 bridgehead atoms. The number of nitrogens with one attached hydrogen (secondary N) is 1. The van der Waals surface area contributed by atoms with Gasteiger partial charge in [-0.25, -0.2) is 4.98 Å². The van der Waals surface area contributed by atoms with E-state index in [1.807, 2.05) is 12.4 Å². The van der Waals surface area contributed by atoms with Gasteiger partial charge in [0, 0.05) is 43.4 Å². The first-order valence-corrected chi connectivity index (χ1v) is 7.42. The van der Waals surface area contributed by atoms with E-state index in [-0.39, 0.29) is 0 Å². The van der Waals surface area contributed by atoms with Crippen LogP contribution in [0.4, 0.5) is 11.6 Å². The molecule has 0 fully saturated rings. The summed E-state index contributed by atoms with van der Waals surface area (Å²) >= 11 is 0. The van der Waals surface area contributed by atoms with Gasteiger partial charge in [-0.3, -0.25) is 4.57 Å². The van der Waals surface area contributed by atoms with Crippen molar-refractivity contribution in [2.45, 2.75) is 27.2 Å². The summed E-state index contributed by atoms with van der Waals surface area (Å²) in [6.07, 6.45) is 4.91. The van der Waals surface area contributed by atoms with Crippen LogP contribution < -0.4 is 10.2 Å². The van der Waals surface area contributed by atoms with Crippen molar-refractivity contribution in [2.24, 2.45) is 0 Å². The summed E-state index contributed by atoms with van der Waals surface area (Å²) in [4.78, 5) is 6.70. The van der Waals surface area contributed by atoms with Crippen molar-refractivity contribution in [3.8, 4) is 5.69 Å². The number of benzene rings is 1. The van der Waals surface area contributed by atoms with E-state index >= 15 is 0 Å². The highest BCUT2D eigenvalue weighted by Gasteiger charge is 2.05. The normalized spacial score (nSPS) is 10.6. The minimum absolute atomic E-state index is 0.905. The smallest absolute Gasteiger partial charge is 0.207 e. The Morgan fingerprint density at radius 2 is 1.80 bits per heavy atom. The van der Waals surface area contributed by atoms with Gasteiger partial charge in [-0.2, -0.15) is 0 Å². The van der Waals surface area contributed by atoms with Crippen LogP contribution in [0.2, 0.25) is 0 Å². The van der Waals surface area contributed by atoms with E-state index < -0.39 is 0 Å². The summed E-state index contributed by atoms with van der Waals surface area (Å²) < 4.78 is 2.08. The lowest BCUT2D eigenvalue weighted by atomic mass is 10.2. The van der Waals surface area contributed by atoms with Gasteiger partial charge in [-0.05, 0) is 44.5 Å². The Kier molecular flexibility index (Phi) is 5.04. The Balaban J connectivity index is 2.19. The van der Waals surface area contributed by atoms with Crippen molar-refractivity contribution in [2.75, 3.05) is 29.9 Å². The van der Waals surface area contributed by atoms with E-state index in [0.717, 1.165) is 37.7 Å². The quantitative estimate of drug-likeness (QED) is 0.837. The van der Waals surface area contributed by atoms with Gasteiger partial charge in [-0.15, -0.1) is 0 Å². The molecule has 20 heavy (non-hydrogen) atoms. The van der Waals surface area contributed by atoms with E-state index in [1.165, 1.54) is 5.69 Å². The van der Waals surface area contributed by atoms with Crippen LogP contribution >= 0.6 is 0 Å². The van der Waals surface area contributed by atoms with Crippen LogP contribution in [-0.2, 0) is 0 Å². The molecule has 0 aliphatic heterocycles. The monoisotopic (exact) mass is 272 g/mol. The molecule has 0 saturated carbocycles. The third-order valence-corrected chi connectivity index (χ3v) is 3.43. The van der Waals surface area contributed by atoms with Crippen LogP contribution in [0.3, 0.4) is 0 Å². The molecule has 1 N–H and O–H groups in total. The first-order chi connectivity index (χ1) is 9.80. The molecule has 0 spiro atoms. The Bertz CT molecular complexity index is 512. The highest BCUT2D eigenvalue weighted by molar-refractivity contribution is 5.52. The molecule has 2 aromatic rings. The lowest BCUT2D eigenvalue weighted by molar-refractivity contribution is 0.865. The van der Waals surface area contributed by atoms with Gasteiger partial charge in [0.15, 0.2) is 0 Å². The highest BCUT2D eigenvalue weighted by atomic mass is 15.2. The summed E-state index contributed by atoms with van der Waals surface area (Å²) in [5.41, 5.74) is 2.40. The number of hydrogen-bond donors (Lipinski definition) is 1. The van der Waals surface area contributed by atoms with Gasteiger partial charge in [0.2, 0.25) is 5.95 Å². The lowest BCUT2D eigenvalue weighted by Crippen LogP contribution is -2.21. The fraction of sp³-hybridized carbons (Fsp3) is 0.438. The molecule has 4 nitrogen and oxygen atoms in total. The number of anilines is 2. The second-order valence-corrected chi connectivity index (χ2v) is 4.74. The predicted octanol–water partition coefficient (Wildman–Crippen LogP) is 3.54. The molecule has 0 saturated heterocycles. The maximum atomic E-state index is 4.36. The molecule has 0 aliphatic carbocycles. The van der Waals surface area contributed by atoms with Gasteiger partial charge in [0.1, 0.15) is 0 Å². The van der Waals surface area contributed by atoms with Crippen LogP contribution in [-0.4, -0.2) is 29.2 Å². The fourth-order valence-electron chi connectivity index (χ4n) is 2.29. The summed E-state index contributed by atoms with van der Waals surface area (Å²) in [5, 5.41) is 3.34. The molecule has 2 rings (SSSR count). The summed E-state index contributed by atoms with van der Waals surface area (Å²) in [6, 6.07) is 8.64. The maximum Gasteiger partial charge on any atom is 0.207 e. The minimum atomic E-state index is 0.905. The molecular formula is C16H24N4. The van der Waals surface area contributed by atoms with Crippen LogP contribution in [0, 0.1) is 0 Å². The van der Waals surface area contributed by atoms with Crippen LogP contribution in [0.15, 0.2) is 36.7 Å². The Labute approximate surface area is 121 Å². The van der Waals surface area contributed by atoms with E-state index in [4.69, 9.17) is 0 Å². The van der Waals surface area contributed by atoms with Crippen LogP contribution in [0.25, 0.3) is 5.69 Å². The molecule has 0 amide bonds. The Hall–Kier alpha value is -1.97. The van der Waals surface area contributed by atoms with Gasteiger partial charge in [0.25, 0.3) is 0 Å². The molecule has 4 heteroatoms. The molecule has 108 valence electrons. The van der Waals surface area contributed by atoms with E-state index in [1.54, 1.807) is 0 Å². The molecule has 0 atom stereocenters. The zero-order chi connectivity index (χ0) is 14.4. The van der Waals surface area contributed by atoms with Crippen LogP contribution in [0.5, 0.6) is 0 Å². The highest BCUT2D eigenvalue weighted by Crippen LogP contribution is 2.19. The fourth-order valence-corrected chi connectivity index (χ4v) is 2.29. The van der Waals surface area contributed by atoms with Crippen LogP contribution in [0.1, 0.15) is 27.2 Å². The molecule has 0 radical (unpaired) electrons. The maximum absolute atomic E-state index is 4.36. The largest absolute Gasteiger partial charge is 0.372 e. The predicted molar refractivity (Wildman–Crippen MR) is 85.9 cm³/mol. The first kappa shape index (κ1) is 14.4. The molecule has 1 aromatic heterocycles. The first-order valence-electron chi connectivity index (χ1n) is 7.42. The van der Waals surface area contributed by atoms with Crippen molar-refractivity contribution in [1.29, 1.82) is 0 Å². The zero-order valence-electron chi connectivity index (χ0n) is 12.6. The minimum Gasteiger partial charge on any atom is -0.372 e. The number of nitrogens with zero attached hydrogens (tertiary/aromatic N) is 3. The third kappa shape index (κ3) is 3.13. The van der Waals surface area contributed by atoms with Crippen molar-refractivity contribution in [1.82, 2.24) is 9.55 Å². The van der Waals surface area contributed by atoms with Crippen molar-refractivity contribution in [3.63, 3.8) is 0 Å². The van der Waals surface area contributed by atoms with E-state index in [2.05, 4.69) is 64.8 Å². The van der Waals surface area contributed by atoms with Crippen molar-refractivity contribution in [3.05, 3.63) is 36.7 Å². The second-order valence-electron chi connectivity index (χ2n) is 4.74. The standard InChI is InChI=1S/C16H24N4/c1-4-11-17-16-18-12-13-20(16)15-9-7-14(8-10-15)19(5-2)6-3/h7-10,12-13H,4-6,11H2,1-3H3,(H,17,18).